The van der Waals surface area contributed by atoms with Crippen LogP contribution < -0.4 is 10.1 Å². The van der Waals surface area contributed by atoms with Crippen LogP contribution in [0.2, 0.25) is 5.02 Å². The van der Waals surface area contributed by atoms with Crippen molar-refractivity contribution in [1.82, 2.24) is 10.3 Å². The van der Waals surface area contributed by atoms with E-state index in [2.05, 4.69) is 10.3 Å². The van der Waals surface area contributed by atoms with E-state index in [1.165, 1.54) is 12.3 Å². The minimum Gasteiger partial charge on any atom is -0.474 e. The highest BCUT2D eigenvalue weighted by atomic mass is 35.5. The number of ether oxygens (including phenoxy) is 1. The number of carbonyl (C=O) groups is 1. The highest BCUT2D eigenvalue weighted by Gasteiger charge is 2.12. The van der Waals surface area contributed by atoms with Gasteiger partial charge in [-0.3, -0.25) is 4.79 Å². The fraction of sp³-hybridized carbons (Fsp3) is 0.538. The second kappa shape index (κ2) is 7.31. The van der Waals surface area contributed by atoms with Gasteiger partial charge in [-0.05, 0) is 25.8 Å². The molecule has 0 saturated carbocycles. The lowest BCUT2D eigenvalue weighted by molar-refractivity contribution is 0.0942. The SMILES string of the molecule is CC(C)Oc1ncc(C(=O)NC[C@H](C)CO)cc1Cl. The number of aliphatic hydroxyl groups excluding tert-OH is 1. The molecule has 0 aromatic carbocycles. The molecular formula is C13H19ClN2O3. The highest BCUT2D eigenvalue weighted by molar-refractivity contribution is 6.32. The van der Waals surface area contributed by atoms with E-state index in [-0.39, 0.29) is 24.5 Å². The van der Waals surface area contributed by atoms with Crippen LogP contribution in [0.3, 0.4) is 0 Å². The second-order valence-corrected chi connectivity index (χ2v) is 5.08. The largest absolute Gasteiger partial charge is 0.474 e. The normalized spacial score (nSPS) is 12.3. The molecule has 1 heterocycles. The Labute approximate surface area is 117 Å². The lowest BCUT2D eigenvalue weighted by Gasteiger charge is -2.12. The van der Waals surface area contributed by atoms with Crippen LogP contribution in [-0.4, -0.2) is 35.3 Å². The summed E-state index contributed by atoms with van der Waals surface area (Å²) in [5.74, 6) is 0.0543. The summed E-state index contributed by atoms with van der Waals surface area (Å²) in [5.41, 5.74) is 0.367. The van der Waals surface area contributed by atoms with Crippen LogP contribution >= 0.6 is 11.6 Å². The first-order valence-corrected chi connectivity index (χ1v) is 6.53. The number of hydrogen-bond donors (Lipinski definition) is 2. The monoisotopic (exact) mass is 286 g/mol. The molecule has 1 amide bonds. The molecule has 6 heteroatoms. The van der Waals surface area contributed by atoms with E-state index in [4.69, 9.17) is 21.4 Å². The van der Waals surface area contributed by atoms with E-state index in [0.29, 0.717) is 23.0 Å². The summed E-state index contributed by atoms with van der Waals surface area (Å²) >= 11 is 6.00. The summed E-state index contributed by atoms with van der Waals surface area (Å²) < 4.78 is 5.39. The van der Waals surface area contributed by atoms with Gasteiger partial charge in [0.05, 0.1) is 11.7 Å². The number of nitrogens with zero attached hydrogens (tertiary/aromatic N) is 1. The number of nitrogens with one attached hydrogen (secondary N) is 1. The van der Waals surface area contributed by atoms with Gasteiger partial charge in [-0.2, -0.15) is 0 Å². The quantitative estimate of drug-likeness (QED) is 0.838. The van der Waals surface area contributed by atoms with Gasteiger partial charge in [0.1, 0.15) is 5.02 Å². The summed E-state index contributed by atoms with van der Waals surface area (Å²) in [4.78, 5) is 15.8. The summed E-state index contributed by atoms with van der Waals surface area (Å²) in [6.45, 7) is 6.01. The highest BCUT2D eigenvalue weighted by Crippen LogP contribution is 2.23. The Kier molecular flexibility index (Phi) is 6.05. The van der Waals surface area contributed by atoms with Crippen molar-refractivity contribution in [1.29, 1.82) is 0 Å². The van der Waals surface area contributed by atoms with Crippen molar-refractivity contribution in [3.8, 4) is 5.88 Å². The number of pyridine rings is 1. The van der Waals surface area contributed by atoms with Gasteiger partial charge in [0.25, 0.3) is 5.91 Å². The molecule has 0 unspecified atom stereocenters. The predicted octanol–water partition coefficient (Wildman–Crippen LogP) is 1.88. The zero-order valence-electron chi connectivity index (χ0n) is 11.3. The van der Waals surface area contributed by atoms with Crippen molar-refractivity contribution < 1.29 is 14.6 Å². The lowest BCUT2D eigenvalue weighted by Crippen LogP contribution is -2.29. The second-order valence-electron chi connectivity index (χ2n) is 4.68. The topological polar surface area (TPSA) is 71.5 Å². The smallest absolute Gasteiger partial charge is 0.252 e. The van der Waals surface area contributed by atoms with Crippen molar-refractivity contribution in [2.45, 2.75) is 26.9 Å². The van der Waals surface area contributed by atoms with E-state index in [1.807, 2.05) is 20.8 Å². The van der Waals surface area contributed by atoms with E-state index < -0.39 is 0 Å². The first-order valence-electron chi connectivity index (χ1n) is 6.15. The zero-order chi connectivity index (χ0) is 14.4. The van der Waals surface area contributed by atoms with Crippen molar-refractivity contribution in [3.05, 3.63) is 22.8 Å². The number of aliphatic hydroxyl groups is 1. The molecule has 1 atom stereocenters. The molecule has 0 aliphatic heterocycles. The summed E-state index contributed by atoms with van der Waals surface area (Å²) in [7, 11) is 0. The summed E-state index contributed by atoms with van der Waals surface area (Å²) in [5, 5.41) is 11.9. The minimum atomic E-state index is -0.272. The first-order chi connectivity index (χ1) is 8.93. The number of halogens is 1. The van der Waals surface area contributed by atoms with Gasteiger partial charge in [0.15, 0.2) is 0 Å². The molecule has 1 rings (SSSR count). The van der Waals surface area contributed by atoms with E-state index >= 15 is 0 Å². The van der Waals surface area contributed by atoms with Crippen molar-refractivity contribution in [2.24, 2.45) is 5.92 Å². The maximum absolute atomic E-state index is 11.8. The standard InChI is InChI=1S/C13H19ClN2O3/c1-8(2)19-13-11(14)4-10(6-16-13)12(18)15-5-9(3)7-17/h4,6,8-9,17H,5,7H2,1-3H3,(H,15,18)/t9-/m0/s1. The van der Waals surface area contributed by atoms with Gasteiger partial charge in [-0.25, -0.2) is 4.98 Å². The van der Waals surface area contributed by atoms with E-state index in [1.54, 1.807) is 0 Å². The Morgan fingerprint density at radius 1 is 1.53 bits per heavy atom. The number of rotatable bonds is 6. The van der Waals surface area contributed by atoms with Crippen LogP contribution in [0.15, 0.2) is 12.3 Å². The molecule has 0 saturated heterocycles. The molecule has 0 bridgehead atoms. The third kappa shape index (κ3) is 5.04. The molecule has 0 fully saturated rings. The van der Waals surface area contributed by atoms with Gasteiger partial charge in [-0.15, -0.1) is 0 Å². The zero-order valence-corrected chi connectivity index (χ0v) is 12.1. The molecule has 1 aromatic heterocycles. The van der Waals surface area contributed by atoms with Crippen LogP contribution in [0.1, 0.15) is 31.1 Å². The molecule has 1 aromatic rings. The summed E-state index contributed by atoms with van der Waals surface area (Å²) in [6, 6.07) is 1.52. The van der Waals surface area contributed by atoms with Crippen molar-refractivity contribution in [3.63, 3.8) is 0 Å². The molecule has 0 radical (unpaired) electrons. The molecule has 0 aliphatic carbocycles. The van der Waals surface area contributed by atoms with Gasteiger partial charge in [0, 0.05) is 19.3 Å². The van der Waals surface area contributed by atoms with Gasteiger partial charge in [-0.1, -0.05) is 18.5 Å². The van der Waals surface area contributed by atoms with Crippen molar-refractivity contribution in [2.75, 3.05) is 13.2 Å². The van der Waals surface area contributed by atoms with Crippen LogP contribution in [0.5, 0.6) is 5.88 Å². The third-order valence-corrected chi connectivity index (χ3v) is 2.61. The molecule has 2 N–H and O–H groups in total. The van der Waals surface area contributed by atoms with E-state index in [0.717, 1.165) is 0 Å². The Bertz CT molecular complexity index is 438. The van der Waals surface area contributed by atoms with Gasteiger partial charge in [0.2, 0.25) is 5.88 Å². The molecule has 5 nitrogen and oxygen atoms in total. The predicted molar refractivity (Wildman–Crippen MR) is 73.6 cm³/mol. The first kappa shape index (κ1) is 15.7. The van der Waals surface area contributed by atoms with Crippen LogP contribution in [0, 0.1) is 5.92 Å². The van der Waals surface area contributed by atoms with Crippen LogP contribution in [0.4, 0.5) is 0 Å². The van der Waals surface area contributed by atoms with Gasteiger partial charge < -0.3 is 15.2 Å². The Morgan fingerprint density at radius 2 is 2.21 bits per heavy atom. The molecule has 19 heavy (non-hydrogen) atoms. The molecule has 106 valence electrons. The molecular weight excluding hydrogens is 268 g/mol. The Hall–Kier alpha value is -1.33. The average molecular weight is 287 g/mol. The fourth-order valence-corrected chi connectivity index (χ4v) is 1.50. The maximum Gasteiger partial charge on any atom is 0.252 e. The minimum absolute atomic E-state index is 0.0101. The molecule has 0 spiro atoms. The Morgan fingerprint density at radius 3 is 2.74 bits per heavy atom. The number of aromatic nitrogens is 1. The number of hydrogen-bond acceptors (Lipinski definition) is 4. The average Bonchev–Trinajstić information content (AvgIpc) is 2.37. The number of amides is 1. The maximum atomic E-state index is 11.8. The summed E-state index contributed by atoms with van der Waals surface area (Å²) in [6.07, 6.45) is 1.39. The lowest BCUT2D eigenvalue weighted by atomic mass is 10.2. The van der Waals surface area contributed by atoms with Crippen LogP contribution in [0.25, 0.3) is 0 Å². The fourth-order valence-electron chi connectivity index (χ4n) is 1.29. The van der Waals surface area contributed by atoms with Crippen molar-refractivity contribution >= 4 is 17.5 Å². The van der Waals surface area contributed by atoms with Gasteiger partial charge >= 0.3 is 0 Å². The Balaban J connectivity index is 2.69. The molecule has 0 aliphatic rings. The van der Waals surface area contributed by atoms with E-state index in [9.17, 15) is 4.79 Å². The third-order valence-electron chi connectivity index (χ3n) is 2.34. The van der Waals surface area contributed by atoms with Crippen LogP contribution in [-0.2, 0) is 0 Å². The number of carbonyl (C=O) groups excluding carboxylic acids is 1.